The second-order valence-electron chi connectivity index (χ2n) is 9.01. The van der Waals surface area contributed by atoms with Crippen LogP contribution in [0, 0.1) is 0 Å². The second-order valence-corrected chi connectivity index (χ2v) is 11.8. The van der Waals surface area contributed by atoms with Crippen LogP contribution in [0.4, 0.5) is 16.3 Å². The van der Waals surface area contributed by atoms with E-state index in [1.54, 1.807) is 32.9 Å². The quantitative estimate of drug-likeness (QED) is 0.701. The molecule has 2 aliphatic rings. The van der Waals surface area contributed by atoms with Gasteiger partial charge in [0.2, 0.25) is 0 Å². The number of rotatable bonds is 4. The van der Waals surface area contributed by atoms with E-state index in [1.165, 1.54) is 0 Å². The molecule has 9 nitrogen and oxygen atoms in total. The van der Waals surface area contributed by atoms with Crippen molar-refractivity contribution in [3.05, 3.63) is 35.5 Å². The highest BCUT2D eigenvalue weighted by Crippen LogP contribution is 2.51. The van der Waals surface area contributed by atoms with Crippen LogP contribution in [0.25, 0.3) is 11.4 Å². The summed E-state index contributed by atoms with van der Waals surface area (Å²) in [5.74, 6) is 1.13. The number of urea groups is 1. The predicted molar refractivity (Wildman–Crippen MR) is 128 cm³/mol. The lowest BCUT2D eigenvalue weighted by Gasteiger charge is -2.36. The minimum atomic E-state index is -3.48. The van der Waals surface area contributed by atoms with E-state index in [0.29, 0.717) is 54.9 Å². The molecule has 2 unspecified atom stereocenters. The number of nitrogens with zero attached hydrogens (tertiary/aromatic N) is 3. The number of benzene rings is 1. The third-order valence-electron chi connectivity index (χ3n) is 6.46. The van der Waals surface area contributed by atoms with E-state index in [1.807, 2.05) is 19.1 Å². The maximum Gasteiger partial charge on any atom is 0.319 e. The monoisotopic (exact) mass is 473 g/mol. The third kappa shape index (κ3) is 3.95. The number of carbonyl (C=O) groups excluding carboxylic acids is 1. The van der Waals surface area contributed by atoms with Gasteiger partial charge >= 0.3 is 6.03 Å². The Morgan fingerprint density at radius 1 is 1.21 bits per heavy atom. The Balaban J connectivity index is 1.81. The van der Waals surface area contributed by atoms with Gasteiger partial charge in [0.1, 0.15) is 10.6 Å². The van der Waals surface area contributed by atoms with E-state index in [4.69, 9.17) is 14.7 Å². The number of sulfone groups is 1. The van der Waals surface area contributed by atoms with E-state index in [0.717, 1.165) is 5.56 Å². The van der Waals surface area contributed by atoms with Crippen LogP contribution in [-0.4, -0.2) is 56.8 Å². The molecule has 2 N–H and O–H groups in total. The molecule has 1 fully saturated rings. The number of carbonyl (C=O) groups is 1. The first-order valence-corrected chi connectivity index (χ1v) is 12.8. The van der Waals surface area contributed by atoms with Crippen molar-refractivity contribution in [2.24, 2.45) is 0 Å². The van der Waals surface area contributed by atoms with Crippen molar-refractivity contribution >= 4 is 27.4 Å². The van der Waals surface area contributed by atoms with Crippen LogP contribution >= 0.6 is 0 Å². The Hall–Kier alpha value is -2.72. The highest BCUT2D eigenvalue weighted by atomic mass is 32.2. The van der Waals surface area contributed by atoms with Gasteiger partial charge in [0, 0.05) is 29.9 Å². The molecule has 4 rings (SSSR count). The Morgan fingerprint density at radius 2 is 1.91 bits per heavy atom. The van der Waals surface area contributed by atoms with Crippen LogP contribution in [0.15, 0.2) is 24.3 Å². The van der Waals surface area contributed by atoms with Gasteiger partial charge in [-0.25, -0.2) is 23.2 Å². The minimum absolute atomic E-state index is 0.0628. The van der Waals surface area contributed by atoms with Gasteiger partial charge in [0.05, 0.1) is 30.2 Å². The van der Waals surface area contributed by atoms with Gasteiger partial charge in [0.15, 0.2) is 15.7 Å². The first kappa shape index (κ1) is 23.4. The number of hydrogen-bond donors (Lipinski definition) is 2. The molecule has 0 aliphatic carbocycles. The molecule has 2 aromatic rings. The van der Waals surface area contributed by atoms with Crippen molar-refractivity contribution in [3.63, 3.8) is 0 Å². The van der Waals surface area contributed by atoms with Crippen LogP contribution in [0.5, 0.6) is 0 Å². The SMILES string of the molecule is CCNC(=O)Nc1ccc(-c2nc(N3CCOCC3C)c3c(n2)C(C)(C)S(=O)(=O)C3C)cc1. The van der Waals surface area contributed by atoms with Crippen LogP contribution < -0.4 is 15.5 Å². The van der Waals surface area contributed by atoms with Crippen molar-refractivity contribution in [2.45, 2.75) is 50.7 Å². The Morgan fingerprint density at radius 3 is 2.55 bits per heavy atom. The fourth-order valence-corrected chi connectivity index (χ4v) is 6.29. The fraction of sp³-hybridized carbons (Fsp3) is 0.522. The summed E-state index contributed by atoms with van der Waals surface area (Å²) in [7, 11) is -3.48. The molecular weight excluding hydrogens is 442 g/mol. The average Bonchev–Trinajstić information content (AvgIpc) is 2.91. The Kier molecular flexibility index (Phi) is 6.09. The number of ether oxygens (including phenoxy) is 1. The summed E-state index contributed by atoms with van der Waals surface area (Å²) >= 11 is 0. The lowest BCUT2D eigenvalue weighted by molar-refractivity contribution is 0.0984. The first-order valence-electron chi connectivity index (χ1n) is 11.2. The Bertz CT molecular complexity index is 1160. The highest BCUT2D eigenvalue weighted by Gasteiger charge is 2.53. The van der Waals surface area contributed by atoms with Crippen molar-refractivity contribution < 1.29 is 17.9 Å². The minimum Gasteiger partial charge on any atom is -0.377 e. The van der Waals surface area contributed by atoms with Gasteiger partial charge < -0.3 is 20.3 Å². The smallest absolute Gasteiger partial charge is 0.319 e. The molecule has 3 heterocycles. The number of aromatic nitrogens is 2. The Labute approximate surface area is 194 Å². The van der Waals surface area contributed by atoms with Gasteiger partial charge in [-0.3, -0.25) is 0 Å². The third-order valence-corrected chi connectivity index (χ3v) is 9.24. The molecule has 2 atom stereocenters. The summed E-state index contributed by atoms with van der Waals surface area (Å²) in [6.45, 7) is 11.3. The van der Waals surface area contributed by atoms with Gasteiger partial charge in [-0.2, -0.15) is 0 Å². The molecule has 0 radical (unpaired) electrons. The van der Waals surface area contributed by atoms with E-state index in [2.05, 4.69) is 22.5 Å². The maximum absolute atomic E-state index is 13.3. The summed E-state index contributed by atoms with van der Waals surface area (Å²) in [6, 6.07) is 7.01. The zero-order chi connectivity index (χ0) is 24.0. The molecule has 33 heavy (non-hydrogen) atoms. The topological polar surface area (TPSA) is 114 Å². The zero-order valence-corrected chi connectivity index (χ0v) is 20.5. The summed E-state index contributed by atoms with van der Waals surface area (Å²) in [5, 5.41) is 4.77. The molecule has 0 saturated carbocycles. The number of anilines is 2. The van der Waals surface area contributed by atoms with Gasteiger partial charge in [-0.15, -0.1) is 0 Å². The van der Waals surface area contributed by atoms with E-state index < -0.39 is 19.8 Å². The van der Waals surface area contributed by atoms with Gasteiger partial charge in [-0.1, -0.05) is 0 Å². The molecule has 10 heteroatoms. The fourth-order valence-electron chi connectivity index (χ4n) is 4.45. The largest absolute Gasteiger partial charge is 0.377 e. The molecule has 2 aliphatic heterocycles. The molecule has 0 spiro atoms. The second kappa shape index (κ2) is 8.57. The van der Waals surface area contributed by atoms with Gasteiger partial charge in [-0.05, 0) is 58.9 Å². The number of hydrogen-bond acceptors (Lipinski definition) is 7. The van der Waals surface area contributed by atoms with E-state index in [-0.39, 0.29) is 12.1 Å². The maximum atomic E-state index is 13.3. The van der Waals surface area contributed by atoms with Crippen molar-refractivity contribution in [2.75, 3.05) is 36.5 Å². The molecule has 1 aromatic carbocycles. The summed E-state index contributed by atoms with van der Waals surface area (Å²) in [6.07, 6.45) is 0. The molecular formula is C23H31N5O4S. The first-order chi connectivity index (χ1) is 15.6. The molecule has 1 aromatic heterocycles. The van der Waals surface area contributed by atoms with E-state index in [9.17, 15) is 13.2 Å². The van der Waals surface area contributed by atoms with Crippen LogP contribution in [0.2, 0.25) is 0 Å². The average molecular weight is 474 g/mol. The summed E-state index contributed by atoms with van der Waals surface area (Å²) in [4.78, 5) is 23.6. The lowest BCUT2D eigenvalue weighted by Crippen LogP contribution is -2.44. The van der Waals surface area contributed by atoms with Crippen molar-refractivity contribution in [3.8, 4) is 11.4 Å². The van der Waals surface area contributed by atoms with Crippen LogP contribution in [0.3, 0.4) is 0 Å². The molecule has 1 saturated heterocycles. The lowest BCUT2D eigenvalue weighted by atomic mass is 10.0. The highest BCUT2D eigenvalue weighted by molar-refractivity contribution is 7.92. The standard InChI is InChI=1S/C23H31N5O4S/c1-6-24-22(29)25-17-9-7-16(8-10-17)20-26-19-18(15(3)33(30,31)23(19,4)5)21(27-20)28-11-12-32-13-14(28)2/h7-10,14-15H,6,11-13H2,1-5H3,(H2,24,25,29). The predicted octanol–water partition coefficient (Wildman–Crippen LogP) is 3.23. The summed E-state index contributed by atoms with van der Waals surface area (Å²) in [5.41, 5.74) is 2.63. The van der Waals surface area contributed by atoms with Crippen molar-refractivity contribution in [1.82, 2.24) is 15.3 Å². The number of nitrogens with one attached hydrogen (secondary N) is 2. The summed E-state index contributed by atoms with van der Waals surface area (Å²) < 4.78 is 31.0. The number of morpholine rings is 1. The molecule has 2 amide bonds. The number of fused-ring (bicyclic) bond motifs is 1. The van der Waals surface area contributed by atoms with Crippen LogP contribution in [0.1, 0.15) is 51.1 Å². The molecule has 0 bridgehead atoms. The van der Waals surface area contributed by atoms with Crippen LogP contribution in [-0.2, 0) is 19.3 Å². The van der Waals surface area contributed by atoms with Crippen molar-refractivity contribution in [1.29, 1.82) is 0 Å². The zero-order valence-electron chi connectivity index (χ0n) is 19.7. The number of amides is 2. The van der Waals surface area contributed by atoms with E-state index >= 15 is 0 Å². The van der Waals surface area contributed by atoms with Gasteiger partial charge in [0.25, 0.3) is 0 Å². The molecule has 178 valence electrons. The normalized spacial score (nSPS) is 23.1.